The summed E-state index contributed by atoms with van der Waals surface area (Å²) in [5.74, 6) is 0.0638. The highest BCUT2D eigenvalue weighted by Crippen LogP contribution is 2.34. The molecule has 1 aliphatic heterocycles. The van der Waals surface area contributed by atoms with Crippen molar-refractivity contribution < 1.29 is 4.79 Å². The van der Waals surface area contributed by atoms with Gasteiger partial charge in [0.2, 0.25) is 0 Å². The van der Waals surface area contributed by atoms with E-state index in [-0.39, 0.29) is 5.91 Å². The molecular weight excluding hydrogens is 224 g/mol. The van der Waals surface area contributed by atoms with Crippen LogP contribution in [-0.4, -0.2) is 11.4 Å². The maximum atomic E-state index is 11.7. The monoisotopic (exact) mass is 244 g/mol. The van der Waals surface area contributed by atoms with E-state index in [9.17, 15) is 4.79 Å². The molecule has 2 aliphatic rings. The van der Waals surface area contributed by atoms with Crippen LogP contribution in [0.1, 0.15) is 60.6 Å². The van der Waals surface area contributed by atoms with Crippen LogP contribution < -0.4 is 10.6 Å². The summed E-state index contributed by atoms with van der Waals surface area (Å²) < 4.78 is 0. The molecule has 1 aromatic rings. The highest BCUT2D eigenvalue weighted by Gasteiger charge is 2.33. The molecule has 0 bridgehead atoms. The van der Waals surface area contributed by atoms with E-state index in [1.54, 1.807) is 0 Å². The van der Waals surface area contributed by atoms with Crippen LogP contribution in [0.2, 0.25) is 0 Å². The number of amides is 1. The molecule has 1 saturated carbocycles. The molecule has 2 N–H and O–H groups in total. The van der Waals surface area contributed by atoms with Crippen molar-refractivity contribution in [1.82, 2.24) is 10.6 Å². The highest BCUT2D eigenvalue weighted by molar-refractivity contribution is 5.98. The molecule has 1 aromatic carbocycles. The first-order valence-corrected chi connectivity index (χ1v) is 6.76. The standard InChI is InChI=1S/C15H20N2O/c1-10(17-15(2)6-3-7-15)11-4-5-12-9-16-14(18)13(12)8-11/h4-5,8,10,17H,3,6-7,9H2,1-2H3,(H,16,18)/t10-/m0/s1. The van der Waals surface area contributed by atoms with Crippen LogP contribution in [0.4, 0.5) is 0 Å². The second-order valence-corrected chi connectivity index (χ2v) is 5.88. The number of nitrogens with one attached hydrogen (secondary N) is 2. The van der Waals surface area contributed by atoms with Crippen molar-refractivity contribution in [3.8, 4) is 0 Å². The fourth-order valence-electron chi connectivity index (χ4n) is 2.96. The molecule has 0 spiro atoms. The minimum absolute atomic E-state index is 0.0638. The van der Waals surface area contributed by atoms with Gasteiger partial charge in [-0.25, -0.2) is 0 Å². The second kappa shape index (κ2) is 4.09. The van der Waals surface area contributed by atoms with E-state index in [2.05, 4.69) is 36.6 Å². The van der Waals surface area contributed by atoms with E-state index in [1.807, 2.05) is 6.07 Å². The molecular formula is C15H20N2O. The highest BCUT2D eigenvalue weighted by atomic mass is 16.1. The smallest absolute Gasteiger partial charge is 0.251 e. The van der Waals surface area contributed by atoms with Gasteiger partial charge in [-0.2, -0.15) is 0 Å². The third-order valence-electron chi connectivity index (χ3n) is 4.34. The summed E-state index contributed by atoms with van der Waals surface area (Å²) in [6, 6.07) is 6.55. The van der Waals surface area contributed by atoms with Crippen molar-refractivity contribution in [2.45, 2.75) is 51.2 Å². The largest absolute Gasteiger partial charge is 0.348 e. The third kappa shape index (κ3) is 1.93. The van der Waals surface area contributed by atoms with Crippen molar-refractivity contribution in [2.24, 2.45) is 0 Å². The van der Waals surface area contributed by atoms with Crippen molar-refractivity contribution in [3.05, 3.63) is 34.9 Å². The van der Waals surface area contributed by atoms with Crippen LogP contribution >= 0.6 is 0 Å². The maximum Gasteiger partial charge on any atom is 0.251 e. The quantitative estimate of drug-likeness (QED) is 0.858. The Labute approximate surface area is 108 Å². The van der Waals surface area contributed by atoms with Gasteiger partial charge < -0.3 is 10.6 Å². The van der Waals surface area contributed by atoms with E-state index in [4.69, 9.17) is 0 Å². The Morgan fingerprint density at radius 3 is 2.83 bits per heavy atom. The Morgan fingerprint density at radius 2 is 2.17 bits per heavy atom. The van der Waals surface area contributed by atoms with Crippen LogP contribution in [0.3, 0.4) is 0 Å². The number of hydrogen-bond donors (Lipinski definition) is 2. The van der Waals surface area contributed by atoms with Gasteiger partial charge in [0.05, 0.1) is 0 Å². The van der Waals surface area contributed by atoms with E-state index in [0.29, 0.717) is 18.1 Å². The Bertz CT molecular complexity index is 491. The lowest BCUT2D eigenvalue weighted by Gasteiger charge is -2.41. The molecule has 0 saturated heterocycles. The van der Waals surface area contributed by atoms with Crippen molar-refractivity contribution in [2.75, 3.05) is 0 Å². The average Bonchev–Trinajstić information content (AvgIpc) is 2.69. The first-order chi connectivity index (χ1) is 8.57. The molecule has 0 aromatic heterocycles. The Hall–Kier alpha value is -1.35. The van der Waals surface area contributed by atoms with Crippen molar-refractivity contribution in [3.63, 3.8) is 0 Å². The molecule has 96 valence electrons. The van der Waals surface area contributed by atoms with Crippen molar-refractivity contribution in [1.29, 1.82) is 0 Å². The lowest BCUT2D eigenvalue weighted by Crippen LogP contribution is -2.49. The number of benzene rings is 1. The van der Waals surface area contributed by atoms with Crippen LogP contribution in [0.15, 0.2) is 18.2 Å². The predicted octanol–water partition coefficient (Wildman–Crippen LogP) is 2.52. The minimum atomic E-state index is 0.0638. The van der Waals surface area contributed by atoms with Crippen LogP contribution in [0.25, 0.3) is 0 Å². The first kappa shape index (κ1) is 11.7. The lowest BCUT2D eigenvalue weighted by atomic mass is 9.78. The summed E-state index contributed by atoms with van der Waals surface area (Å²) >= 11 is 0. The molecule has 1 atom stereocenters. The minimum Gasteiger partial charge on any atom is -0.348 e. The second-order valence-electron chi connectivity index (χ2n) is 5.88. The predicted molar refractivity (Wildman–Crippen MR) is 71.4 cm³/mol. The summed E-state index contributed by atoms with van der Waals surface area (Å²) in [5, 5.41) is 6.55. The SMILES string of the molecule is C[C@H](NC1(C)CCC1)c1ccc2c(c1)C(=O)NC2. The first-order valence-electron chi connectivity index (χ1n) is 6.76. The van der Waals surface area contributed by atoms with Gasteiger partial charge in [-0.15, -0.1) is 0 Å². The van der Waals surface area contributed by atoms with Gasteiger partial charge in [-0.1, -0.05) is 12.1 Å². The Kier molecular flexibility index (Phi) is 2.67. The van der Waals surface area contributed by atoms with Gasteiger partial charge >= 0.3 is 0 Å². The third-order valence-corrected chi connectivity index (χ3v) is 4.34. The molecule has 3 heteroatoms. The topological polar surface area (TPSA) is 41.1 Å². The zero-order valence-corrected chi connectivity index (χ0v) is 11.0. The Morgan fingerprint density at radius 1 is 1.39 bits per heavy atom. The van der Waals surface area contributed by atoms with Gasteiger partial charge in [-0.05, 0) is 50.3 Å². The summed E-state index contributed by atoms with van der Waals surface area (Å²) in [5.41, 5.74) is 3.46. The van der Waals surface area contributed by atoms with Gasteiger partial charge in [0.15, 0.2) is 0 Å². The molecule has 1 heterocycles. The zero-order valence-electron chi connectivity index (χ0n) is 11.0. The van der Waals surface area contributed by atoms with Gasteiger partial charge in [0.1, 0.15) is 0 Å². The molecule has 1 amide bonds. The Balaban J connectivity index is 1.80. The van der Waals surface area contributed by atoms with E-state index in [0.717, 1.165) is 11.1 Å². The average molecular weight is 244 g/mol. The van der Waals surface area contributed by atoms with E-state index in [1.165, 1.54) is 24.8 Å². The molecule has 0 radical (unpaired) electrons. The molecule has 3 rings (SSSR count). The fourth-order valence-corrected chi connectivity index (χ4v) is 2.96. The zero-order chi connectivity index (χ0) is 12.8. The number of hydrogen-bond acceptors (Lipinski definition) is 2. The fraction of sp³-hybridized carbons (Fsp3) is 0.533. The number of rotatable bonds is 3. The van der Waals surface area contributed by atoms with Gasteiger partial charge in [0.25, 0.3) is 5.91 Å². The van der Waals surface area contributed by atoms with E-state index >= 15 is 0 Å². The summed E-state index contributed by atoms with van der Waals surface area (Å²) in [6.45, 7) is 5.14. The summed E-state index contributed by atoms with van der Waals surface area (Å²) in [7, 11) is 0. The molecule has 3 nitrogen and oxygen atoms in total. The van der Waals surface area contributed by atoms with Crippen molar-refractivity contribution >= 4 is 5.91 Å². The molecule has 0 unspecified atom stereocenters. The number of carbonyl (C=O) groups is 1. The van der Waals surface area contributed by atoms with Gasteiger partial charge in [-0.3, -0.25) is 4.79 Å². The van der Waals surface area contributed by atoms with Gasteiger partial charge in [0, 0.05) is 23.7 Å². The van der Waals surface area contributed by atoms with E-state index < -0.39 is 0 Å². The van der Waals surface area contributed by atoms with Crippen LogP contribution in [-0.2, 0) is 6.54 Å². The maximum absolute atomic E-state index is 11.7. The molecule has 18 heavy (non-hydrogen) atoms. The molecule has 1 aliphatic carbocycles. The summed E-state index contributed by atoms with van der Waals surface area (Å²) in [4.78, 5) is 11.7. The van der Waals surface area contributed by atoms with Crippen LogP contribution in [0, 0.1) is 0 Å². The summed E-state index contributed by atoms with van der Waals surface area (Å²) in [6.07, 6.45) is 3.83. The van der Waals surface area contributed by atoms with Crippen LogP contribution in [0.5, 0.6) is 0 Å². The molecule has 1 fully saturated rings. The number of carbonyl (C=O) groups excluding carboxylic acids is 1. The lowest BCUT2D eigenvalue weighted by molar-refractivity contribution is 0.0965. The normalized spacial score (nSPS) is 22.0. The number of fused-ring (bicyclic) bond motifs is 1.